The number of carbonyl (C=O) groups is 2. The lowest BCUT2D eigenvalue weighted by Crippen LogP contribution is -2.52. The number of hydrogen-bond acceptors (Lipinski definition) is 5. The Morgan fingerprint density at radius 1 is 1.43 bits per heavy atom. The number of amides is 2. The van der Waals surface area contributed by atoms with Crippen molar-refractivity contribution < 1.29 is 14.3 Å². The van der Waals surface area contributed by atoms with Gasteiger partial charge in [-0.25, -0.2) is 9.78 Å². The fourth-order valence-electron chi connectivity index (χ4n) is 2.52. The summed E-state index contributed by atoms with van der Waals surface area (Å²) in [6, 6.07) is -0.451. The zero-order chi connectivity index (χ0) is 17.0. The third-order valence-corrected chi connectivity index (χ3v) is 4.45. The van der Waals surface area contributed by atoms with Gasteiger partial charge in [-0.3, -0.25) is 9.69 Å². The van der Waals surface area contributed by atoms with E-state index >= 15 is 0 Å². The van der Waals surface area contributed by atoms with E-state index in [1.807, 2.05) is 27.7 Å². The predicted octanol–water partition coefficient (Wildman–Crippen LogP) is 2.86. The molecule has 0 bridgehead atoms. The molecule has 2 rings (SSSR count). The molecule has 1 aliphatic heterocycles. The Balaban J connectivity index is 1.96. The zero-order valence-electron chi connectivity index (χ0n) is 14.2. The third kappa shape index (κ3) is 5.20. The van der Waals surface area contributed by atoms with Gasteiger partial charge in [0.2, 0.25) is 5.91 Å². The number of likely N-dealkylation sites (tertiary alicyclic amines) is 1. The topological polar surface area (TPSA) is 71.5 Å². The Morgan fingerprint density at radius 2 is 2.17 bits per heavy atom. The molecule has 1 fully saturated rings. The molecule has 1 atom stereocenters. The summed E-state index contributed by atoms with van der Waals surface area (Å²) in [5.74, 6) is -0.124. The number of aromatic nitrogens is 1. The van der Waals surface area contributed by atoms with Gasteiger partial charge in [-0.2, -0.15) is 0 Å². The molecule has 0 aromatic carbocycles. The normalized spacial score (nSPS) is 18.6. The van der Waals surface area contributed by atoms with E-state index in [1.54, 1.807) is 22.4 Å². The minimum atomic E-state index is -0.560. The average Bonchev–Trinajstić information content (AvgIpc) is 2.88. The number of nitrogens with zero attached hydrogens (tertiary/aromatic N) is 2. The fourth-order valence-corrected chi connectivity index (χ4v) is 3.26. The number of hydrogen-bond donors (Lipinski definition) is 1. The summed E-state index contributed by atoms with van der Waals surface area (Å²) < 4.78 is 5.42. The van der Waals surface area contributed by atoms with Crippen molar-refractivity contribution in [2.75, 3.05) is 6.54 Å². The lowest BCUT2D eigenvalue weighted by molar-refractivity contribution is -0.127. The van der Waals surface area contributed by atoms with Crippen molar-refractivity contribution in [3.05, 3.63) is 16.1 Å². The molecule has 2 heterocycles. The molecular weight excluding hydrogens is 314 g/mol. The van der Waals surface area contributed by atoms with Gasteiger partial charge in [0, 0.05) is 17.6 Å². The van der Waals surface area contributed by atoms with Crippen molar-refractivity contribution in [2.45, 2.75) is 65.1 Å². The monoisotopic (exact) mass is 339 g/mol. The first-order chi connectivity index (χ1) is 10.8. The van der Waals surface area contributed by atoms with Crippen molar-refractivity contribution in [3.8, 4) is 0 Å². The molecular formula is C16H25N3O3S. The van der Waals surface area contributed by atoms with E-state index in [0.29, 0.717) is 19.5 Å². The van der Waals surface area contributed by atoms with Gasteiger partial charge in [-0.05, 0) is 47.0 Å². The molecule has 1 unspecified atom stereocenters. The first-order valence-electron chi connectivity index (χ1n) is 7.95. The molecule has 7 heteroatoms. The summed E-state index contributed by atoms with van der Waals surface area (Å²) in [4.78, 5) is 31.5. The number of carbonyl (C=O) groups excluding carboxylic acids is 2. The van der Waals surface area contributed by atoms with Crippen molar-refractivity contribution in [2.24, 2.45) is 0 Å². The highest BCUT2D eigenvalue weighted by atomic mass is 32.1. The zero-order valence-corrected chi connectivity index (χ0v) is 15.0. The second-order valence-electron chi connectivity index (χ2n) is 6.75. The summed E-state index contributed by atoms with van der Waals surface area (Å²) in [7, 11) is 0. The van der Waals surface area contributed by atoms with E-state index in [1.165, 1.54) is 0 Å². The molecule has 128 valence electrons. The lowest BCUT2D eigenvalue weighted by Gasteiger charge is -2.35. The van der Waals surface area contributed by atoms with Crippen molar-refractivity contribution >= 4 is 23.3 Å². The Bertz CT molecular complexity index is 565. The first kappa shape index (κ1) is 17.7. The van der Waals surface area contributed by atoms with Gasteiger partial charge < -0.3 is 10.1 Å². The molecule has 1 aromatic heterocycles. The Hall–Kier alpha value is -1.63. The minimum absolute atomic E-state index is 0.124. The van der Waals surface area contributed by atoms with Gasteiger partial charge in [0.1, 0.15) is 11.6 Å². The van der Waals surface area contributed by atoms with Crippen molar-refractivity contribution in [3.63, 3.8) is 0 Å². The molecule has 6 nitrogen and oxygen atoms in total. The molecule has 23 heavy (non-hydrogen) atoms. The van der Waals surface area contributed by atoms with E-state index in [9.17, 15) is 9.59 Å². The highest BCUT2D eigenvalue weighted by molar-refractivity contribution is 7.11. The quantitative estimate of drug-likeness (QED) is 0.919. The summed E-state index contributed by atoms with van der Waals surface area (Å²) >= 11 is 1.56. The Morgan fingerprint density at radius 3 is 2.78 bits per heavy atom. The molecule has 1 saturated heterocycles. The van der Waals surface area contributed by atoms with E-state index < -0.39 is 17.7 Å². The van der Waals surface area contributed by atoms with Crippen molar-refractivity contribution in [1.29, 1.82) is 0 Å². The van der Waals surface area contributed by atoms with Crippen LogP contribution >= 0.6 is 11.3 Å². The number of aryl methyl sites for hydroxylation is 1. The van der Waals surface area contributed by atoms with Gasteiger partial charge in [0.25, 0.3) is 0 Å². The highest BCUT2D eigenvalue weighted by Crippen LogP contribution is 2.21. The molecule has 2 amide bonds. The van der Waals surface area contributed by atoms with Crippen LogP contribution in [-0.4, -0.2) is 40.1 Å². The maximum absolute atomic E-state index is 12.5. The molecule has 0 aliphatic carbocycles. The summed E-state index contributed by atoms with van der Waals surface area (Å²) in [5, 5.41) is 3.89. The molecule has 1 aromatic rings. The van der Waals surface area contributed by atoms with E-state index in [2.05, 4.69) is 10.3 Å². The maximum Gasteiger partial charge on any atom is 0.410 e. The van der Waals surface area contributed by atoms with Gasteiger partial charge >= 0.3 is 6.09 Å². The lowest BCUT2D eigenvalue weighted by atomic mass is 10.0. The highest BCUT2D eigenvalue weighted by Gasteiger charge is 2.34. The fraction of sp³-hybridized carbons (Fsp3) is 0.688. The molecule has 0 saturated carbocycles. The van der Waals surface area contributed by atoms with Crippen LogP contribution in [0.1, 0.15) is 49.9 Å². The van der Waals surface area contributed by atoms with Crippen LogP contribution in [0.4, 0.5) is 4.79 Å². The summed E-state index contributed by atoms with van der Waals surface area (Å²) in [6.07, 6.45) is 3.87. The van der Waals surface area contributed by atoms with Crippen LogP contribution in [-0.2, 0) is 16.1 Å². The molecule has 0 spiro atoms. The van der Waals surface area contributed by atoms with Crippen LogP contribution in [0.3, 0.4) is 0 Å². The maximum atomic E-state index is 12.5. The van der Waals surface area contributed by atoms with Crippen LogP contribution in [0.2, 0.25) is 0 Å². The summed E-state index contributed by atoms with van der Waals surface area (Å²) in [5.41, 5.74) is -0.560. The van der Waals surface area contributed by atoms with Gasteiger partial charge in [-0.1, -0.05) is 0 Å². The van der Waals surface area contributed by atoms with Crippen LogP contribution < -0.4 is 5.32 Å². The number of nitrogens with one attached hydrogen (secondary N) is 1. The van der Waals surface area contributed by atoms with Gasteiger partial charge in [0.05, 0.1) is 11.6 Å². The van der Waals surface area contributed by atoms with E-state index in [4.69, 9.17) is 4.74 Å². The first-order valence-corrected chi connectivity index (χ1v) is 8.76. The van der Waals surface area contributed by atoms with Crippen LogP contribution in [0.15, 0.2) is 6.20 Å². The largest absolute Gasteiger partial charge is 0.444 e. The number of rotatable bonds is 3. The third-order valence-electron chi connectivity index (χ3n) is 3.54. The molecule has 0 radical (unpaired) electrons. The number of thiazole rings is 1. The molecule has 1 N–H and O–H groups in total. The minimum Gasteiger partial charge on any atom is -0.444 e. The van der Waals surface area contributed by atoms with Gasteiger partial charge in [0.15, 0.2) is 0 Å². The van der Waals surface area contributed by atoms with Crippen LogP contribution in [0, 0.1) is 6.92 Å². The second kappa shape index (κ2) is 7.29. The standard InChI is InChI=1S/C16H25N3O3S/c1-11-17-9-12(23-11)10-18-14(20)13-7-5-6-8-19(13)15(21)22-16(2,3)4/h9,13H,5-8,10H2,1-4H3,(H,18,20). The van der Waals surface area contributed by atoms with Crippen molar-refractivity contribution in [1.82, 2.24) is 15.2 Å². The average molecular weight is 339 g/mol. The van der Waals surface area contributed by atoms with E-state index in [0.717, 1.165) is 22.7 Å². The second-order valence-corrected chi connectivity index (χ2v) is 8.07. The number of ether oxygens (including phenoxy) is 1. The smallest absolute Gasteiger partial charge is 0.410 e. The number of piperidine rings is 1. The Labute approximate surface area is 141 Å². The van der Waals surface area contributed by atoms with Gasteiger partial charge in [-0.15, -0.1) is 11.3 Å². The van der Waals surface area contributed by atoms with E-state index in [-0.39, 0.29) is 5.91 Å². The Kier molecular flexibility index (Phi) is 5.62. The predicted molar refractivity (Wildman–Crippen MR) is 89.3 cm³/mol. The van der Waals surface area contributed by atoms with Crippen LogP contribution in [0.25, 0.3) is 0 Å². The molecule has 1 aliphatic rings. The summed E-state index contributed by atoms with van der Waals surface area (Å²) in [6.45, 7) is 8.43. The van der Waals surface area contributed by atoms with Crippen LogP contribution in [0.5, 0.6) is 0 Å². The SMILES string of the molecule is Cc1ncc(CNC(=O)C2CCCCN2C(=O)OC(C)(C)C)s1.